The predicted octanol–water partition coefficient (Wildman–Crippen LogP) is 3.66. The van der Waals surface area contributed by atoms with Gasteiger partial charge in [0.2, 0.25) is 0 Å². The summed E-state index contributed by atoms with van der Waals surface area (Å²) >= 11 is 0. The van der Waals surface area contributed by atoms with Crippen molar-refractivity contribution < 1.29 is 4.74 Å². The van der Waals surface area contributed by atoms with Gasteiger partial charge in [-0.2, -0.15) is 0 Å². The Morgan fingerprint density at radius 1 is 1.35 bits per heavy atom. The maximum Gasteiger partial charge on any atom is 0.0782 e. The van der Waals surface area contributed by atoms with Crippen LogP contribution < -0.4 is 11.3 Å². The lowest BCUT2D eigenvalue weighted by Gasteiger charge is -2.29. The van der Waals surface area contributed by atoms with Gasteiger partial charge in [-0.1, -0.05) is 44.0 Å². The molecule has 2 rings (SSSR count). The summed E-state index contributed by atoms with van der Waals surface area (Å²) in [6, 6.07) is 8.96. The highest BCUT2D eigenvalue weighted by molar-refractivity contribution is 5.30. The van der Waals surface area contributed by atoms with Crippen LogP contribution in [0.2, 0.25) is 0 Å². The quantitative estimate of drug-likeness (QED) is 0.562. The lowest BCUT2D eigenvalue weighted by Crippen LogP contribution is -2.38. The number of benzene rings is 1. The van der Waals surface area contributed by atoms with Gasteiger partial charge in [0.05, 0.1) is 12.1 Å². The second kappa shape index (κ2) is 7.77. The zero-order valence-electron chi connectivity index (χ0n) is 12.8. The molecule has 3 heteroatoms. The minimum atomic E-state index is 0.0786. The minimum absolute atomic E-state index is 0.0786. The summed E-state index contributed by atoms with van der Waals surface area (Å²) < 4.78 is 5.89. The number of rotatable bonds is 8. The van der Waals surface area contributed by atoms with Gasteiger partial charge in [0.25, 0.3) is 0 Å². The van der Waals surface area contributed by atoms with Crippen molar-refractivity contribution in [2.75, 3.05) is 6.61 Å². The Labute approximate surface area is 122 Å². The van der Waals surface area contributed by atoms with Gasteiger partial charge in [0.1, 0.15) is 0 Å². The molecule has 1 fully saturated rings. The van der Waals surface area contributed by atoms with Gasteiger partial charge < -0.3 is 4.74 Å². The Kier molecular flexibility index (Phi) is 6.02. The molecule has 2 unspecified atom stereocenters. The van der Waals surface area contributed by atoms with Crippen LogP contribution in [0.25, 0.3) is 0 Å². The Balaban J connectivity index is 2.16. The van der Waals surface area contributed by atoms with E-state index in [1.165, 1.54) is 30.4 Å². The van der Waals surface area contributed by atoms with Gasteiger partial charge in [0.15, 0.2) is 0 Å². The van der Waals surface area contributed by atoms with Gasteiger partial charge in [-0.3, -0.25) is 11.3 Å². The summed E-state index contributed by atoms with van der Waals surface area (Å²) in [5.74, 6) is 6.56. The van der Waals surface area contributed by atoms with Crippen molar-refractivity contribution in [3.05, 3.63) is 35.4 Å². The molecule has 2 atom stereocenters. The van der Waals surface area contributed by atoms with Crippen LogP contribution in [-0.4, -0.2) is 12.7 Å². The standard InChI is InChI=1S/C17H28N2O/c1-3-7-16(20-4-2)17(19-18)15-11-6-10-14(12-15)13-8-5-9-13/h6,10-13,16-17,19H,3-5,7-9,18H2,1-2H3. The van der Waals surface area contributed by atoms with Crippen molar-refractivity contribution in [1.29, 1.82) is 0 Å². The van der Waals surface area contributed by atoms with Crippen LogP contribution >= 0.6 is 0 Å². The molecule has 20 heavy (non-hydrogen) atoms. The van der Waals surface area contributed by atoms with E-state index in [2.05, 4.69) is 36.6 Å². The second-order valence-electron chi connectivity index (χ2n) is 5.72. The Morgan fingerprint density at radius 2 is 2.15 bits per heavy atom. The van der Waals surface area contributed by atoms with E-state index < -0.39 is 0 Å². The molecule has 3 nitrogen and oxygen atoms in total. The largest absolute Gasteiger partial charge is 0.376 e. The van der Waals surface area contributed by atoms with Crippen molar-refractivity contribution in [3.8, 4) is 0 Å². The van der Waals surface area contributed by atoms with Crippen molar-refractivity contribution in [1.82, 2.24) is 5.43 Å². The summed E-state index contributed by atoms with van der Waals surface area (Å²) in [7, 11) is 0. The van der Waals surface area contributed by atoms with E-state index in [-0.39, 0.29) is 12.1 Å². The molecule has 1 saturated carbocycles. The van der Waals surface area contributed by atoms with Gasteiger partial charge >= 0.3 is 0 Å². The smallest absolute Gasteiger partial charge is 0.0782 e. The summed E-state index contributed by atoms with van der Waals surface area (Å²) in [5.41, 5.74) is 5.68. The van der Waals surface area contributed by atoms with E-state index in [1.807, 2.05) is 6.92 Å². The van der Waals surface area contributed by atoms with Crippen molar-refractivity contribution in [3.63, 3.8) is 0 Å². The van der Waals surface area contributed by atoms with Crippen molar-refractivity contribution in [2.24, 2.45) is 5.84 Å². The summed E-state index contributed by atoms with van der Waals surface area (Å²) in [5, 5.41) is 0. The van der Waals surface area contributed by atoms with Gasteiger partial charge in [0, 0.05) is 6.61 Å². The molecule has 0 heterocycles. The molecule has 1 aromatic carbocycles. The predicted molar refractivity (Wildman–Crippen MR) is 83.4 cm³/mol. The Bertz CT molecular complexity index is 398. The molecular weight excluding hydrogens is 248 g/mol. The number of nitrogens with one attached hydrogen (secondary N) is 1. The lowest BCUT2D eigenvalue weighted by atomic mass is 9.79. The van der Waals surface area contributed by atoms with Crippen molar-refractivity contribution in [2.45, 2.75) is 64.0 Å². The molecule has 0 amide bonds. The van der Waals surface area contributed by atoms with Gasteiger partial charge in [-0.15, -0.1) is 0 Å². The normalized spacial score (nSPS) is 18.6. The molecule has 1 aliphatic rings. The molecule has 1 aromatic rings. The first-order valence-corrected chi connectivity index (χ1v) is 7.97. The molecule has 1 aliphatic carbocycles. The van der Waals surface area contributed by atoms with Crippen LogP contribution in [0.1, 0.15) is 69.0 Å². The average molecular weight is 276 g/mol. The van der Waals surface area contributed by atoms with Crippen LogP contribution in [0.4, 0.5) is 0 Å². The minimum Gasteiger partial charge on any atom is -0.376 e. The zero-order valence-corrected chi connectivity index (χ0v) is 12.8. The summed E-state index contributed by atoms with van der Waals surface area (Å²) in [6.07, 6.45) is 6.29. The number of hydrazine groups is 1. The lowest BCUT2D eigenvalue weighted by molar-refractivity contribution is 0.0275. The average Bonchev–Trinajstić information content (AvgIpc) is 2.39. The summed E-state index contributed by atoms with van der Waals surface area (Å²) in [4.78, 5) is 0. The third-order valence-corrected chi connectivity index (χ3v) is 4.35. The van der Waals surface area contributed by atoms with Crippen LogP contribution in [-0.2, 0) is 4.74 Å². The van der Waals surface area contributed by atoms with Crippen LogP contribution in [0.15, 0.2) is 24.3 Å². The molecule has 0 spiro atoms. The maximum atomic E-state index is 5.89. The highest BCUT2D eigenvalue weighted by Crippen LogP contribution is 2.37. The Morgan fingerprint density at radius 3 is 2.70 bits per heavy atom. The molecule has 0 aliphatic heterocycles. The molecule has 3 N–H and O–H groups in total. The molecule has 112 valence electrons. The van der Waals surface area contributed by atoms with E-state index in [1.54, 1.807) is 0 Å². The van der Waals surface area contributed by atoms with E-state index in [4.69, 9.17) is 10.6 Å². The zero-order chi connectivity index (χ0) is 14.4. The molecule has 0 saturated heterocycles. The molecule has 0 radical (unpaired) electrons. The number of ether oxygens (including phenoxy) is 1. The molecule has 0 bridgehead atoms. The highest BCUT2D eigenvalue weighted by atomic mass is 16.5. The fraction of sp³-hybridized carbons (Fsp3) is 0.647. The first kappa shape index (κ1) is 15.5. The van der Waals surface area contributed by atoms with E-state index >= 15 is 0 Å². The Hall–Kier alpha value is -0.900. The number of hydrogen-bond acceptors (Lipinski definition) is 3. The van der Waals surface area contributed by atoms with Crippen LogP contribution in [0.5, 0.6) is 0 Å². The first-order chi connectivity index (χ1) is 9.80. The molecular formula is C17H28N2O. The van der Waals surface area contributed by atoms with Gasteiger partial charge in [-0.05, 0) is 43.2 Å². The van der Waals surface area contributed by atoms with Crippen LogP contribution in [0, 0.1) is 0 Å². The fourth-order valence-electron chi connectivity index (χ4n) is 3.01. The molecule has 0 aromatic heterocycles. The van der Waals surface area contributed by atoms with E-state index in [0.29, 0.717) is 0 Å². The van der Waals surface area contributed by atoms with Crippen molar-refractivity contribution >= 4 is 0 Å². The highest BCUT2D eigenvalue weighted by Gasteiger charge is 2.24. The summed E-state index contributed by atoms with van der Waals surface area (Å²) in [6.45, 7) is 4.95. The third-order valence-electron chi connectivity index (χ3n) is 4.35. The van der Waals surface area contributed by atoms with Gasteiger partial charge in [-0.25, -0.2) is 0 Å². The maximum absolute atomic E-state index is 5.89. The number of hydrogen-bond donors (Lipinski definition) is 2. The SMILES string of the molecule is CCCC(OCC)C(NN)c1cccc(C2CCC2)c1. The monoisotopic (exact) mass is 276 g/mol. The van der Waals surface area contributed by atoms with E-state index in [9.17, 15) is 0 Å². The first-order valence-electron chi connectivity index (χ1n) is 7.97. The fourth-order valence-corrected chi connectivity index (χ4v) is 3.01. The van der Waals surface area contributed by atoms with E-state index in [0.717, 1.165) is 25.4 Å². The third kappa shape index (κ3) is 3.60. The number of nitrogens with two attached hydrogens (primary N) is 1. The topological polar surface area (TPSA) is 47.3 Å². The van der Waals surface area contributed by atoms with Crippen LogP contribution in [0.3, 0.4) is 0 Å². The second-order valence-corrected chi connectivity index (χ2v) is 5.72.